The summed E-state index contributed by atoms with van der Waals surface area (Å²) in [5, 5.41) is 2.47. The number of fused-ring (bicyclic) bond motifs is 1. The van der Waals surface area contributed by atoms with E-state index in [0.29, 0.717) is 0 Å². The summed E-state index contributed by atoms with van der Waals surface area (Å²) in [5.41, 5.74) is -3.77. The van der Waals surface area contributed by atoms with Crippen LogP contribution in [0, 0.1) is 30.1 Å². The normalized spacial score (nSPS) is 23.4. The number of nitrogens with zero attached hydrogens (tertiary/aromatic N) is 3. The number of H-pyrrole nitrogens is 1. The Morgan fingerprint density at radius 1 is 1.22 bits per heavy atom. The smallest absolute Gasteiger partial charge is 0.308 e. The number of amides is 1. The summed E-state index contributed by atoms with van der Waals surface area (Å²) >= 11 is 0. The molecule has 3 rings (SSSR count). The molecule has 13 heteroatoms. The number of esters is 2. The van der Waals surface area contributed by atoms with Crippen LogP contribution in [0.5, 0.6) is 0 Å². The van der Waals surface area contributed by atoms with E-state index in [-0.39, 0.29) is 17.1 Å². The average Bonchev–Trinajstić information content (AvgIpc) is 3.36. The molecule has 0 unspecified atom stereocenters. The summed E-state index contributed by atoms with van der Waals surface area (Å²) in [6.45, 7) is 9.21. The first-order valence-corrected chi connectivity index (χ1v) is 11.8. The highest BCUT2D eigenvalue weighted by atomic mass is 19.1. The number of ether oxygens (including phenoxy) is 3. The highest BCUT2D eigenvalue weighted by Gasteiger charge is 2.61. The zero-order chi connectivity index (χ0) is 27.7. The van der Waals surface area contributed by atoms with E-state index in [1.54, 1.807) is 41.5 Å². The quantitative estimate of drug-likeness (QED) is 0.392. The molecule has 12 nitrogen and oxygen atoms in total. The van der Waals surface area contributed by atoms with Crippen molar-refractivity contribution in [1.82, 2.24) is 19.5 Å². The van der Waals surface area contributed by atoms with Crippen LogP contribution in [0.15, 0.2) is 11.1 Å². The minimum atomic E-state index is -2.77. The monoisotopic (exact) mass is 519 g/mol. The fraction of sp³-hybridized carbons (Fsp3) is 0.583. The van der Waals surface area contributed by atoms with Crippen molar-refractivity contribution in [2.75, 3.05) is 11.9 Å². The molecule has 0 radical (unpaired) electrons. The third-order valence-corrected chi connectivity index (χ3v) is 5.66. The Kier molecular flexibility index (Phi) is 8.02. The van der Waals surface area contributed by atoms with E-state index >= 15 is 4.39 Å². The van der Waals surface area contributed by atoms with Gasteiger partial charge in [-0.15, -0.1) is 6.42 Å². The van der Waals surface area contributed by atoms with E-state index in [9.17, 15) is 19.2 Å². The first-order chi connectivity index (χ1) is 17.3. The number of carbonyl (C=O) groups is 3. The lowest BCUT2D eigenvalue weighted by Crippen LogP contribution is -2.46. The average molecular weight is 520 g/mol. The van der Waals surface area contributed by atoms with Gasteiger partial charge >= 0.3 is 11.9 Å². The van der Waals surface area contributed by atoms with Gasteiger partial charge in [0.25, 0.3) is 11.2 Å². The minimum absolute atomic E-state index is 0.140. The fourth-order valence-corrected chi connectivity index (χ4v) is 3.47. The Morgan fingerprint density at radius 2 is 1.86 bits per heavy atom. The number of halogens is 1. The third kappa shape index (κ3) is 5.48. The molecule has 0 bridgehead atoms. The van der Waals surface area contributed by atoms with Crippen molar-refractivity contribution in [3.05, 3.63) is 16.7 Å². The Labute approximate surface area is 212 Å². The van der Waals surface area contributed by atoms with Crippen LogP contribution in [0.25, 0.3) is 11.2 Å². The number of anilines is 1. The van der Waals surface area contributed by atoms with Crippen molar-refractivity contribution in [2.24, 2.45) is 17.8 Å². The Bertz CT molecular complexity index is 1290. The molecule has 0 saturated carbocycles. The molecule has 0 spiro atoms. The van der Waals surface area contributed by atoms with E-state index < -0.39 is 71.9 Å². The summed E-state index contributed by atoms with van der Waals surface area (Å²) in [6.07, 6.45) is 2.09. The van der Waals surface area contributed by atoms with Gasteiger partial charge in [0.15, 0.2) is 23.5 Å². The Balaban J connectivity index is 2.07. The number of alkyl halides is 1. The van der Waals surface area contributed by atoms with E-state index in [0.717, 1.165) is 10.9 Å². The molecule has 1 aliphatic rings. The SMILES string of the molecule is C#C[C@@]1(F)[C@H](OC(=O)C(C)C)[C@@H](COC(=O)C(C)C)O[C@H]1n1cnc2c(=O)[nH]c(NC(=O)C(C)C)nc21. The molecule has 2 aromatic heterocycles. The Hall–Kier alpha value is -3.79. The lowest BCUT2D eigenvalue weighted by atomic mass is 9.96. The largest absolute Gasteiger partial charge is 0.463 e. The van der Waals surface area contributed by atoms with Crippen molar-refractivity contribution in [1.29, 1.82) is 0 Å². The molecule has 1 saturated heterocycles. The van der Waals surface area contributed by atoms with Gasteiger partial charge in [0, 0.05) is 5.92 Å². The number of hydrogen-bond donors (Lipinski definition) is 2. The lowest BCUT2D eigenvalue weighted by Gasteiger charge is -2.27. The number of aromatic amines is 1. The van der Waals surface area contributed by atoms with Crippen LogP contribution >= 0.6 is 0 Å². The summed E-state index contributed by atoms with van der Waals surface area (Å²) in [6, 6.07) is 0. The van der Waals surface area contributed by atoms with Gasteiger partial charge in [0.1, 0.15) is 12.7 Å². The zero-order valence-electron chi connectivity index (χ0n) is 21.4. The molecule has 2 N–H and O–H groups in total. The van der Waals surface area contributed by atoms with Gasteiger partial charge in [-0.3, -0.25) is 34.0 Å². The number of rotatable bonds is 8. The van der Waals surface area contributed by atoms with Gasteiger partial charge in [0.05, 0.1) is 18.2 Å². The van der Waals surface area contributed by atoms with Crippen LogP contribution in [-0.2, 0) is 28.6 Å². The molecular formula is C24H30FN5O7. The van der Waals surface area contributed by atoms with Crippen molar-refractivity contribution < 1.29 is 33.0 Å². The third-order valence-electron chi connectivity index (χ3n) is 5.66. The summed E-state index contributed by atoms with van der Waals surface area (Å²) in [7, 11) is 0. The number of carbonyl (C=O) groups excluding carboxylic acids is 3. The summed E-state index contributed by atoms with van der Waals surface area (Å²) < 4.78 is 34.1. The van der Waals surface area contributed by atoms with Gasteiger partial charge in [0.2, 0.25) is 11.9 Å². The number of nitrogens with one attached hydrogen (secondary N) is 2. The van der Waals surface area contributed by atoms with E-state index in [2.05, 4.69) is 20.3 Å². The molecule has 0 aliphatic carbocycles. The van der Waals surface area contributed by atoms with Crippen LogP contribution < -0.4 is 10.9 Å². The lowest BCUT2D eigenvalue weighted by molar-refractivity contribution is -0.164. The number of aromatic nitrogens is 4. The molecule has 1 fully saturated rings. The standard InChI is InChI=1S/C24H30FN5O7/c1-8-24(25)16(37-21(34)13(6)7)14(9-35-20(33)12(4)5)36-22(24)30-10-26-15-17(30)27-23(29-19(15)32)28-18(31)11(2)3/h1,10-14,16,22H,9H2,2-7H3,(H2,27,28,29,31,32)/t14-,16-,22-,24-/m1/s1. The maximum absolute atomic E-state index is 16.5. The Morgan fingerprint density at radius 3 is 2.43 bits per heavy atom. The van der Waals surface area contributed by atoms with Crippen LogP contribution in [0.1, 0.15) is 47.8 Å². The molecule has 37 heavy (non-hydrogen) atoms. The molecule has 200 valence electrons. The molecule has 1 aliphatic heterocycles. The van der Waals surface area contributed by atoms with Crippen molar-refractivity contribution >= 4 is 35.0 Å². The topological polar surface area (TPSA) is 154 Å². The fourth-order valence-electron chi connectivity index (χ4n) is 3.47. The van der Waals surface area contributed by atoms with Crippen LogP contribution in [0.2, 0.25) is 0 Å². The molecular weight excluding hydrogens is 489 g/mol. The van der Waals surface area contributed by atoms with Crippen LogP contribution in [0.3, 0.4) is 0 Å². The van der Waals surface area contributed by atoms with Gasteiger partial charge in [-0.05, 0) is 0 Å². The second-order valence-corrected chi connectivity index (χ2v) is 9.62. The number of imidazole rings is 1. The van der Waals surface area contributed by atoms with Crippen LogP contribution in [0.4, 0.5) is 10.3 Å². The molecule has 1 amide bonds. The van der Waals surface area contributed by atoms with Crippen molar-refractivity contribution in [3.8, 4) is 12.3 Å². The van der Waals surface area contributed by atoms with E-state index in [1.165, 1.54) is 0 Å². The van der Waals surface area contributed by atoms with Crippen molar-refractivity contribution in [3.63, 3.8) is 0 Å². The van der Waals surface area contributed by atoms with Gasteiger partial charge in [-0.1, -0.05) is 47.5 Å². The predicted molar refractivity (Wildman–Crippen MR) is 129 cm³/mol. The highest BCUT2D eigenvalue weighted by molar-refractivity contribution is 5.91. The maximum Gasteiger partial charge on any atom is 0.308 e. The summed E-state index contributed by atoms with van der Waals surface area (Å²) in [4.78, 5) is 59.7. The predicted octanol–water partition coefficient (Wildman–Crippen LogP) is 1.72. The van der Waals surface area contributed by atoms with E-state index in [1.807, 2.05) is 5.92 Å². The highest BCUT2D eigenvalue weighted by Crippen LogP contribution is 2.44. The van der Waals surface area contributed by atoms with Crippen molar-refractivity contribution in [2.45, 2.75) is 65.6 Å². The molecule has 0 aromatic carbocycles. The maximum atomic E-state index is 16.5. The second-order valence-electron chi connectivity index (χ2n) is 9.62. The first kappa shape index (κ1) is 27.8. The number of hydrogen-bond acceptors (Lipinski definition) is 9. The number of terminal acetylenes is 1. The van der Waals surface area contributed by atoms with Gasteiger partial charge < -0.3 is 14.2 Å². The zero-order valence-corrected chi connectivity index (χ0v) is 21.4. The van der Waals surface area contributed by atoms with Crippen LogP contribution in [-0.4, -0.2) is 61.8 Å². The van der Waals surface area contributed by atoms with E-state index in [4.69, 9.17) is 20.6 Å². The first-order valence-electron chi connectivity index (χ1n) is 11.8. The molecule has 4 atom stereocenters. The summed E-state index contributed by atoms with van der Waals surface area (Å²) in [5.74, 6) is -1.39. The minimum Gasteiger partial charge on any atom is -0.463 e. The van der Waals surface area contributed by atoms with Gasteiger partial charge in [-0.25, -0.2) is 9.37 Å². The molecule has 3 heterocycles. The second kappa shape index (κ2) is 10.7. The molecule has 2 aromatic rings. The van der Waals surface area contributed by atoms with Gasteiger partial charge in [-0.2, -0.15) is 4.98 Å².